The van der Waals surface area contributed by atoms with E-state index in [1.807, 2.05) is 0 Å². The van der Waals surface area contributed by atoms with E-state index in [1.165, 1.54) is 44.9 Å². The Labute approximate surface area is 143 Å². The molecule has 4 aliphatic rings. The summed E-state index contributed by atoms with van der Waals surface area (Å²) in [5, 5.41) is 10.1. The first-order valence-electron chi connectivity index (χ1n) is 10.5. The van der Waals surface area contributed by atoms with E-state index in [9.17, 15) is 5.11 Å². The molecule has 0 bridgehead atoms. The zero-order valence-electron chi connectivity index (χ0n) is 15.9. The molecule has 4 fully saturated rings. The van der Waals surface area contributed by atoms with Gasteiger partial charge in [0.1, 0.15) is 0 Å². The number of hydrogen-bond donors (Lipinski definition) is 1. The SMILES string of the molecule is CC(C)[C@H]1CC[C@H]2[C@@H]3CC[C@@H]4C[C@H](O)CC[C@]4(C)[C@H]3CC[C@]12C. The van der Waals surface area contributed by atoms with Crippen LogP contribution in [0.4, 0.5) is 0 Å². The Morgan fingerprint density at radius 3 is 2.26 bits per heavy atom. The Hall–Kier alpha value is -0.0400. The maximum Gasteiger partial charge on any atom is 0.0543 e. The predicted molar refractivity (Wildman–Crippen MR) is 96.1 cm³/mol. The molecule has 0 amide bonds. The molecule has 23 heavy (non-hydrogen) atoms. The summed E-state index contributed by atoms with van der Waals surface area (Å²) in [6.07, 6.45) is 12.2. The minimum absolute atomic E-state index is 0.00437. The van der Waals surface area contributed by atoms with Crippen molar-refractivity contribution in [3.63, 3.8) is 0 Å². The molecule has 0 aromatic heterocycles. The van der Waals surface area contributed by atoms with Gasteiger partial charge < -0.3 is 5.11 Å². The molecule has 4 aliphatic carbocycles. The van der Waals surface area contributed by atoms with E-state index in [2.05, 4.69) is 27.7 Å². The fraction of sp³-hybridized carbons (Fsp3) is 1.00. The monoisotopic (exact) mass is 318 g/mol. The lowest BCUT2D eigenvalue weighted by Gasteiger charge is -2.61. The second-order valence-corrected chi connectivity index (χ2v) is 10.6. The van der Waals surface area contributed by atoms with Crippen LogP contribution in [0.5, 0.6) is 0 Å². The van der Waals surface area contributed by atoms with Crippen molar-refractivity contribution in [1.82, 2.24) is 0 Å². The van der Waals surface area contributed by atoms with Gasteiger partial charge in [-0.1, -0.05) is 27.7 Å². The first-order chi connectivity index (χ1) is 10.9. The highest BCUT2D eigenvalue weighted by atomic mass is 16.3. The summed E-state index contributed by atoms with van der Waals surface area (Å²) in [5.41, 5.74) is 1.17. The largest absolute Gasteiger partial charge is 0.393 e. The van der Waals surface area contributed by atoms with Crippen molar-refractivity contribution in [3.8, 4) is 0 Å². The Bertz CT molecular complexity index is 457. The molecule has 1 heteroatoms. The van der Waals surface area contributed by atoms with Crippen molar-refractivity contribution in [2.24, 2.45) is 46.3 Å². The lowest BCUT2D eigenvalue weighted by Crippen LogP contribution is -2.54. The smallest absolute Gasteiger partial charge is 0.0543 e. The van der Waals surface area contributed by atoms with Gasteiger partial charge in [-0.3, -0.25) is 0 Å². The highest BCUT2D eigenvalue weighted by Crippen LogP contribution is 2.68. The summed E-state index contributed by atoms with van der Waals surface area (Å²) in [5.74, 6) is 5.58. The van der Waals surface area contributed by atoms with E-state index < -0.39 is 0 Å². The van der Waals surface area contributed by atoms with Gasteiger partial charge in [-0.15, -0.1) is 0 Å². The summed E-state index contributed by atoms with van der Waals surface area (Å²) in [4.78, 5) is 0. The molecule has 0 saturated heterocycles. The van der Waals surface area contributed by atoms with Crippen molar-refractivity contribution in [1.29, 1.82) is 0 Å². The van der Waals surface area contributed by atoms with Gasteiger partial charge in [0.2, 0.25) is 0 Å². The molecule has 0 aliphatic heterocycles. The van der Waals surface area contributed by atoms with Gasteiger partial charge in [0, 0.05) is 0 Å². The minimum atomic E-state index is -0.00437. The number of rotatable bonds is 1. The van der Waals surface area contributed by atoms with Crippen LogP contribution in [0.3, 0.4) is 0 Å². The summed E-state index contributed by atoms with van der Waals surface area (Å²) in [6, 6.07) is 0. The molecule has 1 nitrogen and oxygen atoms in total. The number of aliphatic hydroxyl groups is 1. The maximum atomic E-state index is 10.1. The van der Waals surface area contributed by atoms with Crippen molar-refractivity contribution < 1.29 is 5.11 Å². The molecule has 0 aromatic carbocycles. The van der Waals surface area contributed by atoms with Crippen molar-refractivity contribution in [3.05, 3.63) is 0 Å². The molecule has 0 unspecified atom stereocenters. The van der Waals surface area contributed by atoms with Crippen LogP contribution in [0.25, 0.3) is 0 Å². The van der Waals surface area contributed by atoms with E-state index >= 15 is 0 Å². The van der Waals surface area contributed by atoms with E-state index in [-0.39, 0.29) is 6.10 Å². The number of hydrogen-bond acceptors (Lipinski definition) is 1. The van der Waals surface area contributed by atoms with Crippen LogP contribution in [0, 0.1) is 46.3 Å². The quantitative estimate of drug-likeness (QED) is 0.661. The summed E-state index contributed by atoms with van der Waals surface area (Å²) < 4.78 is 0. The van der Waals surface area contributed by atoms with Gasteiger partial charge in [-0.05, 0) is 104 Å². The minimum Gasteiger partial charge on any atom is -0.393 e. The van der Waals surface area contributed by atoms with Gasteiger partial charge in [-0.25, -0.2) is 0 Å². The average Bonchev–Trinajstić information content (AvgIpc) is 2.85. The molecule has 4 rings (SSSR count). The van der Waals surface area contributed by atoms with Crippen LogP contribution in [0.15, 0.2) is 0 Å². The van der Waals surface area contributed by atoms with Crippen molar-refractivity contribution in [2.75, 3.05) is 0 Å². The molecule has 0 aromatic rings. The number of aliphatic hydroxyl groups excluding tert-OH is 1. The van der Waals surface area contributed by atoms with Gasteiger partial charge in [0.25, 0.3) is 0 Å². The van der Waals surface area contributed by atoms with Crippen LogP contribution >= 0.6 is 0 Å². The van der Waals surface area contributed by atoms with E-state index in [4.69, 9.17) is 0 Å². The van der Waals surface area contributed by atoms with Crippen molar-refractivity contribution in [2.45, 2.75) is 91.6 Å². The fourth-order valence-corrected chi connectivity index (χ4v) is 8.37. The molecule has 0 heterocycles. The molecule has 1 N–H and O–H groups in total. The van der Waals surface area contributed by atoms with E-state index in [0.29, 0.717) is 10.8 Å². The molecule has 0 spiro atoms. The van der Waals surface area contributed by atoms with Crippen LogP contribution in [-0.4, -0.2) is 11.2 Å². The Morgan fingerprint density at radius 1 is 0.826 bits per heavy atom. The first-order valence-corrected chi connectivity index (χ1v) is 10.5. The van der Waals surface area contributed by atoms with E-state index in [1.54, 1.807) is 0 Å². The zero-order valence-corrected chi connectivity index (χ0v) is 15.9. The van der Waals surface area contributed by atoms with E-state index in [0.717, 1.165) is 48.3 Å². The Kier molecular flexibility index (Phi) is 3.91. The van der Waals surface area contributed by atoms with Crippen LogP contribution in [0.2, 0.25) is 0 Å². The molecule has 4 saturated carbocycles. The zero-order chi connectivity index (χ0) is 16.4. The third-order valence-corrected chi connectivity index (χ3v) is 9.52. The van der Waals surface area contributed by atoms with Gasteiger partial charge in [-0.2, -0.15) is 0 Å². The van der Waals surface area contributed by atoms with Crippen LogP contribution < -0.4 is 0 Å². The van der Waals surface area contributed by atoms with Crippen LogP contribution in [-0.2, 0) is 0 Å². The third-order valence-electron chi connectivity index (χ3n) is 9.52. The molecule has 132 valence electrons. The normalized spacial score (nSPS) is 56.1. The standard InChI is InChI=1S/C22H38O/c1-14(2)18-7-8-19-17-6-5-15-13-16(23)9-11-21(15,3)20(17)10-12-22(18,19)4/h14-20,23H,5-13H2,1-4H3/t15-,16-,17+,18-,19+,20+,21+,22-/m1/s1. The highest BCUT2D eigenvalue weighted by molar-refractivity contribution is 5.09. The first kappa shape index (κ1) is 16.4. The summed E-state index contributed by atoms with van der Waals surface area (Å²) in [6.45, 7) is 10.2. The fourth-order valence-electron chi connectivity index (χ4n) is 8.37. The average molecular weight is 319 g/mol. The van der Waals surface area contributed by atoms with Crippen molar-refractivity contribution >= 4 is 0 Å². The van der Waals surface area contributed by atoms with Gasteiger partial charge in [0.15, 0.2) is 0 Å². The maximum absolute atomic E-state index is 10.1. The second-order valence-electron chi connectivity index (χ2n) is 10.6. The Balaban J connectivity index is 1.60. The Morgan fingerprint density at radius 2 is 1.52 bits per heavy atom. The lowest BCUT2D eigenvalue weighted by molar-refractivity contribution is -0.128. The summed E-state index contributed by atoms with van der Waals surface area (Å²) >= 11 is 0. The molecule has 8 atom stereocenters. The lowest BCUT2D eigenvalue weighted by atomic mass is 9.44. The van der Waals surface area contributed by atoms with Gasteiger partial charge in [0.05, 0.1) is 6.10 Å². The number of fused-ring (bicyclic) bond motifs is 5. The summed E-state index contributed by atoms with van der Waals surface area (Å²) in [7, 11) is 0. The third kappa shape index (κ3) is 2.28. The molecular formula is C22H38O. The van der Waals surface area contributed by atoms with Crippen LogP contribution in [0.1, 0.15) is 85.5 Å². The molecule has 0 radical (unpaired) electrons. The topological polar surface area (TPSA) is 20.2 Å². The molecular weight excluding hydrogens is 280 g/mol. The highest BCUT2D eigenvalue weighted by Gasteiger charge is 2.60. The van der Waals surface area contributed by atoms with Gasteiger partial charge >= 0.3 is 0 Å². The predicted octanol–water partition coefficient (Wildman–Crippen LogP) is 5.66. The second kappa shape index (κ2) is 5.48.